The van der Waals surface area contributed by atoms with Gasteiger partial charge >= 0.3 is 0 Å². The maximum atomic E-state index is 9.24. The van der Waals surface area contributed by atoms with Crippen molar-refractivity contribution < 1.29 is 9.63 Å². The molecule has 1 N–H and O–H groups in total. The van der Waals surface area contributed by atoms with Crippen LogP contribution in [0.15, 0.2) is 51.7 Å². The number of rotatable bonds is 7. The van der Waals surface area contributed by atoms with Crippen molar-refractivity contribution in [2.45, 2.75) is 13.1 Å². The molecule has 3 aromatic rings. The maximum Gasteiger partial charge on any atom is 0.241 e. The molecular formula is C16H17N3O2S. The molecular weight excluding hydrogens is 298 g/mol. The number of hydrogen-bond acceptors (Lipinski definition) is 6. The predicted octanol–water partition coefficient (Wildman–Crippen LogP) is 2.79. The second-order valence-corrected chi connectivity index (χ2v) is 5.72. The predicted molar refractivity (Wildman–Crippen MR) is 85.3 cm³/mol. The standard InChI is InChI=1S/C16H17N3O2S/c20-8-7-19(10-13-4-2-1-3-5-13)11-15-17-16(18-21-15)14-6-9-22-12-14/h1-6,9,12,20H,7-8,10-11H2. The Morgan fingerprint density at radius 2 is 2.00 bits per heavy atom. The van der Waals surface area contributed by atoms with E-state index >= 15 is 0 Å². The Hall–Kier alpha value is -2.02. The van der Waals surface area contributed by atoms with Gasteiger partial charge in [0.25, 0.3) is 0 Å². The molecule has 0 saturated carbocycles. The van der Waals surface area contributed by atoms with Crippen LogP contribution in [0.5, 0.6) is 0 Å². The van der Waals surface area contributed by atoms with E-state index in [9.17, 15) is 5.11 Å². The van der Waals surface area contributed by atoms with Gasteiger partial charge in [0, 0.05) is 24.0 Å². The first-order valence-electron chi connectivity index (χ1n) is 7.07. The van der Waals surface area contributed by atoms with Gasteiger partial charge in [-0.1, -0.05) is 35.5 Å². The van der Waals surface area contributed by atoms with Crippen LogP contribution in [0.3, 0.4) is 0 Å². The van der Waals surface area contributed by atoms with E-state index in [-0.39, 0.29) is 6.61 Å². The average Bonchev–Trinajstić information content (AvgIpc) is 3.19. The Morgan fingerprint density at radius 3 is 2.73 bits per heavy atom. The molecule has 0 radical (unpaired) electrons. The van der Waals surface area contributed by atoms with Crippen LogP contribution in [-0.2, 0) is 13.1 Å². The number of aliphatic hydroxyl groups is 1. The van der Waals surface area contributed by atoms with Crippen LogP contribution >= 0.6 is 11.3 Å². The SMILES string of the molecule is OCCN(Cc1ccccc1)Cc1nc(-c2ccsc2)no1. The van der Waals surface area contributed by atoms with Crippen molar-refractivity contribution in [2.24, 2.45) is 0 Å². The van der Waals surface area contributed by atoms with Crippen LogP contribution in [0, 0.1) is 0 Å². The van der Waals surface area contributed by atoms with E-state index in [1.54, 1.807) is 11.3 Å². The molecule has 22 heavy (non-hydrogen) atoms. The molecule has 0 fully saturated rings. The third-order valence-corrected chi connectivity index (χ3v) is 3.95. The zero-order valence-electron chi connectivity index (χ0n) is 12.1. The summed E-state index contributed by atoms with van der Waals surface area (Å²) < 4.78 is 5.32. The minimum absolute atomic E-state index is 0.0956. The number of benzene rings is 1. The van der Waals surface area contributed by atoms with Crippen molar-refractivity contribution in [2.75, 3.05) is 13.2 Å². The largest absolute Gasteiger partial charge is 0.395 e. The monoisotopic (exact) mass is 315 g/mol. The number of hydrogen-bond donors (Lipinski definition) is 1. The maximum absolute atomic E-state index is 9.24. The molecule has 114 valence electrons. The van der Waals surface area contributed by atoms with Crippen LogP contribution in [0.4, 0.5) is 0 Å². The van der Waals surface area contributed by atoms with Crippen LogP contribution in [0.1, 0.15) is 11.5 Å². The number of nitrogens with zero attached hydrogens (tertiary/aromatic N) is 3. The average molecular weight is 315 g/mol. The number of thiophene rings is 1. The second kappa shape index (κ2) is 7.31. The molecule has 6 heteroatoms. The number of aromatic nitrogens is 2. The fraction of sp³-hybridized carbons (Fsp3) is 0.250. The summed E-state index contributed by atoms with van der Waals surface area (Å²) in [5.41, 5.74) is 2.16. The molecule has 0 aliphatic rings. The second-order valence-electron chi connectivity index (χ2n) is 4.94. The fourth-order valence-electron chi connectivity index (χ4n) is 2.22. The van der Waals surface area contributed by atoms with Gasteiger partial charge < -0.3 is 9.63 Å². The van der Waals surface area contributed by atoms with Gasteiger partial charge in [-0.05, 0) is 17.0 Å². The highest BCUT2D eigenvalue weighted by Gasteiger charge is 2.13. The summed E-state index contributed by atoms with van der Waals surface area (Å²) in [6.07, 6.45) is 0. The van der Waals surface area contributed by atoms with E-state index in [4.69, 9.17) is 4.52 Å². The molecule has 2 heterocycles. The Bertz CT molecular complexity index is 683. The molecule has 0 spiro atoms. The molecule has 0 bridgehead atoms. The van der Waals surface area contributed by atoms with E-state index < -0.39 is 0 Å². The normalized spacial score (nSPS) is 11.2. The summed E-state index contributed by atoms with van der Waals surface area (Å²) in [6, 6.07) is 12.1. The summed E-state index contributed by atoms with van der Waals surface area (Å²) in [4.78, 5) is 6.51. The molecule has 0 aliphatic heterocycles. The van der Waals surface area contributed by atoms with Gasteiger partial charge in [0.05, 0.1) is 13.2 Å². The zero-order valence-corrected chi connectivity index (χ0v) is 12.9. The highest BCUT2D eigenvalue weighted by Crippen LogP contribution is 2.19. The number of aliphatic hydroxyl groups excluding tert-OH is 1. The molecule has 0 unspecified atom stereocenters. The summed E-state index contributed by atoms with van der Waals surface area (Å²) in [6.45, 7) is 1.91. The lowest BCUT2D eigenvalue weighted by Crippen LogP contribution is -2.26. The van der Waals surface area contributed by atoms with Crippen molar-refractivity contribution in [3.63, 3.8) is 0 Å². The summed E-state index contributed by atoms with van der Waals surface area (Å²) in [5, 5.41) is 17.2. The lowest BCUT2D eigenvalue weighted by Gasteiger charge is -2.19. The first kappa shape index (κ1) is 14.9. The van der Waals surface area contributed by atoms with Gasteiger partial charge in [-0.25, -0.2) is 0 Å². The smallest absolute Gasteiger partial charge is 0.241 e. The van der Waals surface area contributed by atoms with E-state index in [1.165, 1.54) is 5.56 Å². The third kappa shape index (κ3) is 3.79. The lowest BCUT2D eigenvalue weighted by atomic mass is 10.2. The Labute approximate surface area is 132 Å². The van der Waals surface area contributed by atoms with E-state index in [1.807, 2.05) is 35.0 Å². The molecule has 5 nitrogen and oxygen atoms in total. The minimum Gasteiger partial charge on any atom is -0.395 e. The van der Waals surface area contributed by atoms with Gasteiger partial charge in [-0.2, -0.15) is 16.3 Å². The highest BCUT2D eigenvalue weighted by molar-refractivity contribution is 7.08. The quantitative estimate of drug-likeness (QED) is 0.726. The van der Waals surface area contributed by atoms with Gasteiger partial charge in [-0.15, -0.1) is 0 Å². The molecule has 2 aromatic heterocycles. The Kier molecular flexibility index (Phi) is 4.95. The molecule has 0 amide bonds. The van der Waals surface area contributed by atoms with E-state index in [0.717, 1.165) is 12.1 Å². The first-order valence-corrected chi connectivity index (χ1v) is 8.02. The Balaban J connectivity index is 1.68. The van der Waals surface area contributed by atoms with Crippen molar-refractivity contribution in [3.05, 3.63) is 58.6 Å². The van der Waals surface area contributed by atoms with E-state index in [0.29, 0.717) is 24.8 Å². The van der Waals surface area contributed by atoms with Gasteiger partial charge in [0.1, 0.15) is 0 Å². The van der Waals surface area contributed by atoms with Crippen molar-refractivity contribution in [1.29, 1.82) is 0 Å². The zero-order chi connectivity index (χ0) is 15.2. The van der Waals surface area contributed by atoms with Gasteiger partial charge in [0.2, 0.25) is 11.7 Å². The van der Waals surface area contributed by atoms with E-state index in [2.05, 4.69) is 27.2 Å². The topological polar surface area (TPSA) is 62.4 Å². The molecule has 1 aromatic carbocycles. The lowest BCUT2D eigenvalue weighted by molar-refractivity contribution is 0.167. The molecule has 0 aliphatic carbocycles. The highest BCUT2D eigenvalue weighted by atomic mass is 32.1. The van der Waals surface area contributed by atoms with Crippen LogP contribution in [0.25, 0.3) is 11.4 Å². The molecule has 0 saturated heterocycles. The van der Waals surface area contributed by atoms with Crippen molar-refractivity contribution in [1.82, 2.24) is 15.0 Å². The molecule has 0 atom stereocenters. The third-order valence-electron chi connectivity index (χ3n) is 3.27. The minimum atomic E-state index is 0.0956. The van der Waals surface area contributed by atoms with Gasteiger partial charge in [-0.3, -0.25) is 4.90 Å². The van der Waals surface area contributed by atoms with Crippen molar-refractivity contribution in [3.8, 4) is 11.4 Å². The first-order chi connectivity index (χ1) is 10.8. The summed E-state index contributed by atoms with van der Waals surface area (Å²) in [7, 11) is 0. The van der Waals surface area contributed by atoms with Crippen LogP contribution in [0.2, 0.25) is 0 Å². The molecule has 3 rings (SSSR count). The fourth-order valence-corrected chi connectivity index (χ4v) is 2.85. The summed E-state index contributed by atoms with van der Waals surface area (Å²) in [5.74, 6) is 1.17. The Morgan fingerprint density at radius 1 is 1.14 bits per heavy atom. The van der Waals surface area contributed by atoms with Crippen molar-refractivity contribution >= 4 is 11.3 Å². The van der Waals surface area contributed by atoms with Crippen LogP contribution < -0.4 is 0 Å². The van der Waals surface area contributed by atoms with Crippen LogP contribution in [-0.4, -0.2) is 33.3 Å². The summed E-state index contributed by atoms with van der Waals surface area (Å²) >= 11 is 1.60. The van der Waals surface area contributed by atoms with Gasteiger partial charge in [0.15, 0.2) is 0 Å².